The predicted octanol–water partition coefficient (Wildman–Crippen LogP) is 3.83. The first-order valence-corrected chi connectivity index (χ1v) is 9.92. The van der Waals surface area contributed by atoms with E-state index in [0.29, 0.717) is 29.6 Å². The molecule has 2 heterocycles. The van der Waals surface area contributed by atoms with Gasteiger partial charge in [0.2, 0.25) is 5.95 Å². The maximum Gasteiger partial charge on any atom is 0.227 e. The average Bonchev–Trinajstić information content (AvgIpc) is 3.33. The molecule has 1 N–H and O–H groups in total. The van der Waals surface area contributed by atoms with Gasteiger partial charge in [0.25, 0.3) is 0 Å². The van der Waals surface area contributed by atoms with E-state index in [-0.39, 0.29) is 6.10 Å². The third kappa shape index (κ3) is 4.82. The molecule has 32 heavy (non-hydrogen) atoms. The molecule has 0 aliphatic heterocycles. The summed E-state index contributed by atoms with van der Waals surface area (Å²) in [4.78, 5) is 12.7. The molecular formula is C23H21N7O2. The fourth-order valence-corrected chi connectivity index (χ4v) is 3.15. The average molecular weight is 427 g/mol. The number of hydrogen-bond donors (Lipinski definition) is 1. The minimum absolute atomic E-state index is 0.206. The van der Waals surface area contributed by atoms with Gasteiger partial charge in [-0.25, -0.2) is 19.6 Å². The third-order valence-corrected chi connectivity index (χ3v) is 4.68. The van der Waals surface area contributed by atoms with Crippen LogP contribution in [0.4, 0.5) is 11.6 Å². The first-order valence-electron chi connectivity index (χ1n) is 9.92. The largest absolute Gasteiger partial charge is 0.495 e. The maximum atomic E-state index is 9.47. The van der Waals surface area contributed by atoms with Crippen LogP contribution in [-0.4, -0.2) is 37.9 Å². The highest BCUT2D eigenvalue weighted by atomic mass is 16.5. The van der Waals surface area contributed by atoms with E-state index in [1.807, 2.05) is 43.3 Å². The van der Waals surface area contributed by atoms with Crippen LogP contribution in [0, 0.1) is 11.3 Å². The molecule has 0 saturated heterocycles. The maximum absolute atomic E-state index is 9.47. The summed E-state index contributed by atoms with van der Waals surface area (Å²) >= 11 is 0. The SMILES string of the molecule is COc1ccccc1Nc1ncc(-c2ccc(C#N)c(OC(C)Cn3cncn3)c2)cn1. The highest BCUT2D eigenvalue weighted by Crippen LogP contribution is 2.29. The molecule has 1 unspecified atom stereocenters. The molecule has 0 fully saturated rings. The van der Waals surface area contributed by atoms with Crippen LogP contribution >= 0.6 is 0 Å². The van der Waals surface area contributed by atoms with Crippen molar-refractivity contribution in [2.24, 2.45) is 0 Å². The summed E-state index contributed by atoms with van der Waals surface area (Å²) < 4.78 is 13.0. The summed E-state index contributed by atoms with van der Waals surface area (Å²) in [7, 11) is 1.61. The molecule has 2 aromatic heterocycles. The van der Waals surface area contributed by atoms with Crippen LogP contribution in [0.1, 0.15) is 12.5 Å². The van der Waals surface area contributed by atoms with E-state index in [2.05, 4.69) is 31.4 Å². The molecule has 0 saturated carbocycles. The molecule has 4 aromatic rings. The zero-order chi connectivity index (χ0) is 22.3. The lowest BCUT2D eigenvalue weighted by molar-refractivity contribution is 0.193. The Morgan fingerprint density at radius 2 is 1.91 bits per heavy atom. The van der Waals surface area contributed by atoms with Crippen molar-refractivity contribution in [3.63, 3.8) is 0 Å². The van der Waals surface area contributed by atoms with Crippen LogP contribution < -0.4 is 14.8 Å². The van der Waals surface area contributed by atoms with Gasteiger partial charge in [0.15, 0.2) is 0 Å². The molecule has 9 nitrogen and oxygen atoms in total. The summed E-state index contributed by atoms with van der Waals surface area (Å²) in [5, 5.41) is 16.7. The van der Waals surface area contributed by atoms with Gasteiger partial charge in [-0.2, -0.15) is 10.4 Å². The molecule has 4 rings (SSSR count). The van der Waals surface area contributed by atoms with Crippen molar-refractivity contribution >= 4 is 11.6 Å². The number of methoxy groups -OCH3 is 1. The number of rotatable bonds is 8. The molecule has 0 radical (unpaired) electrons. The molecule has 0 aliphatic carbocycles. The van der Waals surface area contributed by atoms with E-state index in [0.717, 1.165) is 16.8 Å². The monoisotopic (exact) mass is 427 g/mol. The molecule has 2 aromatic carbocycles. The van der Waals surface area contributed by atoms with Gasteiger partial charge in [0.05, 0.1) is 24.9 Å². The Balaban J connectivity index is 1.52. The summed E-state index contributed by atoms with van der Waals surface area (Å²) in [6.45, 7) is 2.43. The van der Waals surface area contributed by atoms with Crippen molar-refractivity contribution in [1.29, 1.82) is 5.26 Å². The summed E-state index contributed by atoms with van der Waals surface area (Å²) in [5.74, 6) is 1.65. The normalized spacial score (nSPS) is 11.4. The lowest BCUT2D eigenvalue weighted by Gasteiger charge is -2.16. The molecule has 0 bridgehead atoms. The number of nitriles is 1. The smallest absolute Gasteiger partial charge is 0.227 e. The zero-order valence-corrected chi connectivity index (χ0v) is 17.6. The minimum atomic E-state index is -0.206. The van der Waals surface area contributed by atoms with Crippen LogP contribution in [0.3, 0.4) is 0 Å². The van der Waals surface area contributed by atoms with Gasteiger partial charge in [-0.3, -0.25) is 0 Å². The number of nitrogens with zero attached hydrogens (tertiary/aromatic N) is 6. The van der Waals surface area contributed by atoms with Crippen molar-refractivity contribution in [3.8, 4) is 28.7 Å². The van der Waals surface area contributed by atoms with Crippen molar-refractivity contribution in [2.75, 3.05) is 12.4 Å². The predicted molar refractivity (Wildman–Crippen MR) is 119 cm³/mol. The summed E-state index contributed by atoms with van der Waals surface area (Å²) in [6.07, 6.45) is 6.33. The Hall–Kier alpha value is -4.45. The highest BCUT2D eigenvalue weighted by molar-refractivity contribution is 5.67. The second-order valence-corrected chi connectivity index (χ2v) is 6.99. The van der Waals surface area contributed by atoms with Crippen molar-refractivity contribution < 1.29 is 9.47 Å². The molecular weight excluding hydrogens is 406 g/mol. The third-order valence-electron chi connectivity index (χ3n) is 4.68. The molecule has 160 valence electrons. The quantitative estimate of drug-likeness (QED) is 0.452. The lowest BCUT2D eigenvalue weighted by atomic mass is 10.1. The van der Waals surface area contributed by atoms with E-state index in [1.165, 1.54) is 6.33 Å². The fraction of sp³-hybridized carbons (Fsp3) is 0.174. The van der Waals surface area contributed by atoms with Gasteiger partial charge in [0, 0.05) is 18.0 Å². The summed E-state index contributed by atoms with van der Waals surface area (Å²) in [6, 6.07) is 15.1. The van der Waals surface area contributed by atoms with Gasteiger partial charge in [-0.1, -0.05) is 18.2 Å². The van der Waals surface area contributed by atoms with Crippen LogP contribution in [0.2, 0.25) is 0 Å². The highest BCUT2D eigenvalue weighted by Gasteiger charge is 2.12. The van der Waals surface area contributed by atoms with Crippen LogP contribution in [0.5, 0.6) is 11.5 Å². The van der Waals surface area contributed by atoms with E-state index in [1.54, 1.807) is 36.6 Å². The molecule has 0 amide bonds. The molecule has 0 aliphatic rings. The van der Waals surface area contributed by atoms with E-state index >= 15 is 0 Å². The first kappa shape index (κ1) is 20.8. The Morgan fingerprint density at radius 1 is 1.09 bits per heavy atom. The number of para-hydroxylation sites is 2. The Morgan fingerprint density at radius 3 is 2.62 bits per heavy atom. The van der Waals surface area contributed by atoms with E-state index in [4.69, 9.17) is 9.47 Å². The number of hydrogen-bond acceptors (Lipinski definition) is 8. The Labute approximate surface area is 185 Å². The number of ether oxygens (including phenoxy) is 2. The molecule has 1 atom stereocenters. The van der Waals surface area contributed by atoms with Crippen molar-refractivity contribution in [1.82, 2.24) is 24.7 Å². The van der Waals surface area contributed by atoms with Gasteiger partial charge >= 0.3 is 0 Å². The Kier molecular flexibility index (Phi) is 6.22. The second-order valence-electron chi connectivity index (χ2n) is 6.99. The fourth-order valence-electron chi connectivity index (χ4n) is 3.15. The van der Waals surface area contributed by atoms with Gasteiger partial charge in [0.1, 0.15) is 36.3 Å². The van der Waals surface area contributed by atoms with E-state index in [9.17, 15) is 5.26 Å². The zero-order valence-electron chi connectivity index (χ0n) is 17.6. The van der Waals surface area contributed by atoms with Crippen molar-refractivity contribution in [2.45, 2.75) is 19.6 Å². The Bertz CT molecular complexity index is 1220. The van der Waals surface area contributed by atoms with Crippen LogP contribution in [-0.2, 0) is 6.54 Å². The van der Waals surface area contributed by atoms with Gasteiger partial charge in [-0.05, 0) is 36.8 Å². The van der Waals surface area contributed by atoms with Crippen LogP contribution in [0.25, 0.3) is 11.1 Å². The van der Waals surface area contributed by atoms with E-state index < -0.39 is 0 Å². The second kappa shape index (κ2) is 9.57. The lowest BCUT2D eigenvalue weighted by Crippen LogP contribution is -2.20. The topological polar surface area (TPSA) is 111 Å². The van der Waals surface area contributed by atoms with Crippen LogP contribution in [0.15, 0.2) is 67.5 Å². The number of aromatic nitrogens is 5. The number of anilines is 2. The number of nitrogens with one attached hydrogen (secondary N) is 1. The minimum Gasteiger partial charge on any atom is -0.495 e. The van der Waals surface area contributed by atoms with Gasteiger partial charge < -0.3 is 14.8 Å². The molecule has 9 heteroatoms. The molecule has 0 spiro atoms. The first-order chi connectivity index (χ1) is 15.7. The van der Waals surface area contributed by atoms with Gasteiger partial charge in [-0.15, -0.1) is 0 Å². The van der Waals surface area contributed by atoms with Crippen molar-refractivity contribution in [3.05, 3.63) is 73.1 Å². The number of benzene rings is 2. The standard InChI is InChI=1S/C23H21N7O2/c1-16(13-30-15-25-14-28-30)32-22-9-17(7-8-18(22)10-24)19-11-26-23(27-12-19)29-20-5-3-4-6-21(20)31-2/h3-9,11-12,14-16H,13H2,1-2H3,(H,26,27,29). The summed E-state index contributed by atoms with van der Waals surface area (Å²) in [5.41, 5.74) is 2.87.